The molecule has 1 aromatic heterocycles. The molecule has 0 aliphatic rings. The third-order valence-corrected chi connectivity index (χ3v) is 2.69. The van der Waals surface area contributed by atoms with Crippen LogP contribution in [0.3, 0.4) is 0 Å². The molecule has 0 N–H and O–H groups in total. The molecule has 1 nitrogen and oxygen atoms in total. The van der Waals surface area contributed by atoms with Crippen molar-refractivity contribution in [2.45, 2.75) is 59.3 Å². The van der Waals surface area contributed by atoms with Gasteiger partial charge < -0.3 is 4.42 Å². The van der Waals surface area contributed by atoms with Crippen LogP contribution in [0, 0.1) is 13.8 Å². The Hall–Kier alpha value is -0.720. The molecular weight excluding hydrogens is 172 g/mol. The average Bonchev–Trinajstić information content (AvgIpc) is 2.45. The summed E-state index contributed by atoms with van der Waals surface area (Å²) in [7, 11) is 0. The largest absolute Gasteiger partial charge is 0.466 e. The van der Waals surface area contributed by atoms with Crippen LogP contribution in [-0.2, 0) is 6.42 Å². The van der Waals surface area contributed by atoms with Gasteiger partial charge in [-0.3, -0.25) is 0 Å². The topological polar surface area (TPSA) is 13.1 Å². The summed E-state index contributed by atoms with van der Waals surface area (Å²) in [6.07, 6.45) is 7.93. The summed E-state index contributed by atoms with van der Waals surface area (Å²) in [6, 6.07) is 2.18. The van der Waals surface area contributed by atoms with Crippen molar-refractivity contribution in [3.05, 3.63) is 23.2 Å². The van der Waals surface area contributed by atoms with Gasteiger partial charge in [-0.25, -0.2) is 0 Å². The van der Waals surface area contributed by atoms with Gasteiger partial charge in [-0.1, -0.05) is 32.6 Å². The number of furan rings is 1. The van der Waals surface area contributed by atoms with Gasteiger partial charge in [0.15, 0.2) is 0 Å². The predicted molar refractivity (Wildman–Crippen MR) is 60.6 cm³/mol. The van der Waals surface area contributed by atoms with E-state index in [4.69, 9.17) is 4.42 Å². The number of hydrogen-bond donors (Lipinski definition) is 0. The van der Waals surface area contributed by atoms with Crippen LogP contribution in [0.1, 0.15) is 56.1 Å². The second-order valence-corrected chi connectivity index (χ2v) is 4.10. The number of aryl methyl sites for hydroxylation is 3. The summed E-state index contributed by atoms with van der Waals surface area (Å²) in [6.45, 7) is 6.34. The Bertz CT molecular complexity index is 260. The van der Waals surface area contributed by atoms with E-state index in [0.29, 0.717) is 0 Å². The van der Waals surface area contributed by atoms with Gasteiger partial charge >= 0.3 is 0 Å². The first-order valence-electron chi connectivity index (χ1n) is 5.80. The summed E-state index contributed by atoms with van der Waals surface area (Å²) >= 11 is 0. The molecule has 0 aliphatic carbocycles. The molecule has 80 valence electrons. The van der Waals surface area contributed by atoms with Gasteiger partial charge in [0.1, 0.15) is 11.5 Å². The molecule has 1 rings (SSSR count). The molecule has 0 aromatic carbocycles. The molecule has 0 radical (unpaired) electrons. The first kappa shape index (κ1) is 11.4. The lowest BCUT2D eigenvalue weighted by Crippen LogP contribution is -1.85. The van der Waals surface area contributed by atoms with Crippen LogP contribution < -0.4 is 0 Å². The Morgan fingerprint density at radius 2 is 1.79 bits per heavy atom. The van der Waals surface area contributed by atoms with E-state index in [-0.39, 0.29) is 0 Å². The molecule has 0 atom stereocenters. The van der Waals surface area contributed by atoms with E-state index >= 15 is 0 Å². The molecule has 0 fully saturated rings. The summed E-state index contributed by atoms with van der Waals surface area (Å²) in [5.41, 5.74) is 1.40. The van der Waals surface area contributed by atoms with Gasteiger partial charge in [-0.15, -0.1) is 0 Å². The van der Waals surface area contributed by atoms with E-state index in [2.05, 4.69) is 19.9 Å². The van der Waals surface area contributed by atoms with E-state index in [0.717, 1.165) is 11.5 Å². The van der Waals surface area contributed by atoms with Gasteiger partial charge in [0.05, 0.1) is 0 Å². The highest BCUT2D eigenvalue weighted by molar-refractivity contribution is 5.19. The molecule has 0 amide bonds. The fourth-order valence-electron chi connectivity index (χ4n) is 1.85. The van der Waals surface area contributed by atoms with Crippen molar-refractivity contribution in [3.8, 4) is 0 Å². The molecule has 1 heteroatoms. The maximum absolute atomic E-state index is 5.49. The fraction of sp³-hybridized carbons (Fsp3) is 0.692. The predicted octanol–water partition coefficient (Wildman–Crippen LogP) is 4.41. The zero-order chi connectivity index (χ0) is 10.4. The second kappa shape index (κ2) is 5.90. The summed E-state index contributed by atoms with van der Waals surface area (Å²) in [4.78, 5) is 0. The fourth-order valence-corrected chi connectivity index (χ4v) is 1.85. The third-order valence-electron chi connectivity index (χ3n) is 2.69. The van der Waals surface area contributed by atoms with Crippen molar-refractivity contribution < 1.29 is 4.42 Å². The number of hydrogen-bond acceptors (Lipinski definition) is 1. The molecule has 0 aliphatic heterocycles. The van der Waals surface area contributed by atoms with Gasteiger partial charge in [-0.05, 0) is 38.3 Å². The minimum Gasteiger partial charge on any atom is -0.466 e. The van der Waals surface area contributed by atoms with Crippen LogP contribution in [0.25, 0.3) is 0 Å². The van der Waals surface area contributed by atoms with E-state index in [1.54, 1.807) is 0 Å². The molecule has 1 heterocycles. The minimum atomic E-state index is 1.05. The lowest BCUT2D eigenvalue weighted by molar-refractivity contribution is 0.500. The van der Waals surface area contributed by atoms with Crippen molar-refractivity contribution in [1.82, 2.24) is 0 Å². The van der Waals surface area contributed by atoms with Crippen molar-refractivity contribution in [1.29, 1.82) is 0 Å². The Kier molecular flexibility index (Phi) is 4.78. The van der Waals surface area contributed by atoms with Crippen molar-refractivity contribution in [3.63, 3.8) is 0 Å². The zero-order valence-corrected chi connectivity index (χ0v) is 9.73. The standard InChI is InChI=1S/C13H22O/c1-4-5-6-7-8-9-13-10-11(2)14-12(13)3/h10H,4-9H2,1-3H3. The maximum atomic E-state index is 5.49. The van der Waals surface area contributed by atoms with E-state index < -0.39 is 0 Å². The van der Waals surface area contributed by atoms with Crippen LogP contribution in [0.2, 0.25) is 0 Å². The molecule has 0 saturated heterocycles. The lowest BCUT2D eigenvalue weighted by Gasteiger charge is -1.99. The normalized spacial score (nSPS) is 10.8. The van der Waals surface area contributed by atoms with E-state index in [1.807, 2.05) is 6.92 Å². The highest BCUT2D eigenvalue weighted by atomic mass is 16.3. The first-order chi connectivity index (χ1) is 6.74. The summed E-state index contributed by atoms with van der Waals surface area (Å²) in [5, 5.41) is 0. The smallest absolute Gasteiger partial charge is 0.104 e. The molecule has 0 spiro atoms. The van der Waals surface area contributed by atoms with Crippen molar-refractivity contribution in [2.24, 2.45) is 0 Å². The Balaban J connectivity index is 2.21. The molecule has 0 bridgehead atoms. The van der Waals surface area contributed by atoms with Crippen molar-refractivity contribution >= 4 is 0 Å². The zero-order valence-electron chi connectivity index (χ0n) is 9.73. The van der Waals surface area contributed by atoms with Crippen LogP contribution in [0.5, 0.6) is 0 Å². The van der Waals surface area contributed by atoms with Gasteiger partial charge in [-0.2, -0.15) is 0 Å². The van der Waals surface area contributed by atoms with Crippen LogP contribution >= 0.6 is 0 Å². The van der Waals surface area contributed by atoms with E-state index in [9.17, 15) is 0 Å². The quantitative estimate of drug-likeness (QED) is 0.611. The third kappa shape index (κ3) is 3.57. The van der Waals surface area contributed by atoms with Crippen LogP contribution in [-0.4, -0.2) is 0 Å². The van der Waals surface area contributed by atoms with Gasteiger partial charge in [0.25, 0.3) is 0 Å². The SMILES string of the molecule is CCCCCCCc1cc(C)oc1C. The number of unbranched alkanes of at least 4 members (excludes halogenated alkanes) is 4. The molecular formula is C13H22O. The Labute approximate surface area is 87.5 Å². The average molecular weight is 194 g/mol. The van der Waals surface area contributed by atoms with Gasteiger partial charge in [0, 0.05) is 0 Å². The highest BCUT2D eigenvalue weighted by Crippen LogP contribution is 2.16. The minimum absolute atomic E-state index is 1.05. The lowest BCUT2D eigenvalue weighted by atomic mass is 10.1. The maximum Gasteiger partial charge on any atom is 0.104 e. The summed E-state index contributed by atoms with van der Waals surface area (Å²) < 4.78 is 5.49. The highest BCUT2D eigenvalue weighted by Gasteiger charge is 2.03. The van der Waals surface area contributed by atoms with Crippen LogP contribution in [0.4, 0.5) is 0 Å². The van der Waals surface area contributed by atoms with E-state index in [1.165, 1.54) is 44.1 Å². The van der Waals surface area contributed by atoms with Crippen LogP contribution in [0.15, 0.2) is 10.5 Å². The Morgan fingerprint density at radius 3 is 2.36 bits per heavy atom. The molecule has 1 aromatic rings. The molecule has 14 heavy (non-hydrogen) atoms. The monoisotopic (exact) mass is 194 g/mol. The molecule has 0 unspecified atom stereocenters. The van der Waals surface area contributed by atoms with Crippen molar-refractivity contribution in [2.75, 3.05) is 0 Å². The summed E-state index contributed by atoms with van der Waals surface area (Å²) in [5.74, 6) is 2.16. The molecule has 0 saturated carbocycles. The second-order valence-electron chi connectivity index (χ2n) is 4.10. The first-order valence-corrected chi connectivity index (χ1v) is 5.80. The number of rotatable bonds is 6. The van der Waals surface area contributed by atoms with Gasteiger partial charge in [0.2, 0.25) is 0 Å². The Morgan fingerprint density at radius 1 is 1.07 bits per heavy atom.